The van der Waals surface area contributed by atoms with Crippen LogP contribution in [-0.4, -0.2) is 20.9 Å². The highest BCUT2D eigenvalue weighted by molar-refractivity contribution is 6.17. The van der Waals surface area contributed by atoms with Crippen molar-refractivity contribution < 1.29 is 0 Å². The molecule has 0 spiro atoms. The summed E-state index contributed by atoms with van der Waals surface area (Å²) in [7, 11) is 0. The predicted octanol–water partition coefficient (Wildman–Crippen LogP) is 2.17. The minimum absolute atomic E-state index is 0.594. The molecular weight excluding hydrogens is 186 g/mol. The summed E-state index contributed by atoms with van der Waals surface area (Å²) in [5.41, 5.74) is 1.02. The number of hydrogen-bond donors (Lipinski definition) is 0. The standard InChI is InChI=1S/C9H14ClN3/c10-6-5-8-7-13(12-11-8)9-3-1-2-4-9/h7,9H,1-6H2. The lowest BCUT2D eigenvalue weighted by atomic mass is 10.2. The molecule has 2 rings (SSSR count). The molecule has 0 amide bonds. The molecule has 13 heavy (non-hydrogen) atoms. The van der Waals surface area contributed by atoms with Crippen LogP contribution in [-0.2, 0) is 6.42 Å². The molecule has 1 aromatic rings. The SMILES string of the molecule is ClCCc1cn(C2CCCC2)nn1. The van der Waals surface area contributed by atoms with Gasteiger partial charge in [-0.05, 0) is 12.8 Å². The first-order valence-corrected chi connectivity index (χ1v) is 5.40. The minimum atomic E-state index is 0.594. The molecule has 1 aliphatic carbocycles. The van der Waals surface area contributed by atoms with E-state index in [2.05, 4.69) is 10.3 Å². The third kappa shape index (κ3) is 2.02. The van der Waals surface area contributed by atoms with Crippen molar-refractivity contribution in [3.05, 3.63) is 11.9 Å². The lowest BCUT2D eigenvalue weighted by Gasteiger charge is -2.06. The minimum Gasteiger partial charge on any atom is -0.249 e. The van der Waals surface area contributed by atoms with Gasteiger partial charge in [0.05, 0.1) is 11.7 Å². The molecule has 0 aliphatic heterocycles. The maximum absolute atomic E-state index is 5.63. The Kier molecular flexibility index (Phi) is 2.83. The predicted molar refractivity (Wildman–Crippen MR) is 52.0 cm³/mol. The van der Waals surface area contributed by atoms with Crippen molar-refractivity contribution in [3.8, 4) is 0 Å². The number of aryl methyl sites for hydroxylation is 1. The van der Waals surface area contributed by atoms with Gasteiger partial charge in [-0.15, -0.1) is 16.7 Å². The summed E-state index contributed by atoms with van der Waals surface area (Å²) in [4.78, 5) is 0. The normalized spacial score (nSPS) is 18.2. The quantitative estimate of drug-likeness (QED) is 0.699. The van der Waals surface area contributed by atoms with E-state index in [9.17, 15) is 0 Å². The molecule has 0 aromatic carbocycles. The molecule has 0 bridgehead atoms. The van der Waals surface area contributed by atoms with Crippen LogP contribution in [0.1, 0.15) is 37.4 Å². The second-order valence-corrected chi connectivity index (χ2v) is 3.95. The van der Waals surface area contributed by atoms with Crippen LogP contribution in [0.2, 0.25) is 0 Å². The zero-order valence-electron chi connectivity index (χ0n) is 7.62. The molecule has 1 saturated carbocycles. The monoisotopic (exact) mass is 199 g/mol. The summed E-state index contributed by atoms with van der Waals surface area (Å²) in [5, 5.41) is 8.20. The van der Waals surface area contributed by atoms with E-state index in [1.807, 2.05) is 10.9 Å². The van der Waals surface area contributed by atoms with E-state index < -0.39 is 0 Å². The maximum Gasteiger partial charge on any atom is 0.0839 e. The van der Waals surface area contributed by atoms with E-state index in [4.69, 9.17) is 11.6 Å². The van der Waals surface area contributed by atoms with Crippen molar-refractivity contribution in [2.24, 2.45) is 0 Å². The fourth-order valence-corrected chi connectivity index (χ4v) is 2.07. The lowest BCUT2D eigenvalue weighted by molar-refractivity contribution is 0.454. The molecule has 1 heterocycles. The summed E-state index contributed by atoms with van der Waals surface area (Å²) < 4.78 is 2.01. The molecular formula is C9H14ClN3. The zero-order valence-corrected chi connectivity index (χ0v) is 8.37. The van der Waals surface area contributed by atoms with Gasteiger partial charge in [0.1, 0.15) is 0 Å². The third-order valence-corrected chi connectivity index (χ3v) is 2.80. The summed E-state index contributed by atoms with van der Waals surface area (Å²) in [6, 6.07) is 0.594. The van der Waals surface area contributed by atoms with Crippen molar-refractivity contribution in [2.45, 2.75) is 38.1 Å². The highest BCUT2D eigenvalue weighted by Gasteiger charge is 2.17. The summed E-state index contributed by atoms with van der Waals surface area (Å²) in [6.07, 6.45) is 8.03. The molecule has 0 unspecified atom stereocenters. The number of alkyl halides is 1. The van der Waals surface area contributed by atoms with Gasteiger partial charge in [-0.2, -0.15) is 0 Å². The summed E-state index contributed by atoms with van der Waals surface area (Å²) >= 11 is 5.63. The van der Waals surface area contributed by atoms with Crippen molar-refractivity contribution in [3.63, 3.8) is 0 Å². The van der Waals surface area contributed by atoms with E-state index in [0.717, 1.165) is 12.1 Å². The average Bonchev–Trinajstić information content (AvgIpc) is 2.70. The van der Waals surface area contributed by atoms with Crippen LogP contribution in [0.5, 0.6) is 0 Å². The topological polar surface area (TPSA) is 30.7 Å². The Balaban J connectivity index is 2.03. The Labute approximate surface area is 83.1 Å². The maximum atomic E-state index is 5.63. The Morgan fingerprint density at radius 1 is 1.46 bits per heavy atom. The molecule has 0 atom stereocenters. The van der Waals surface area contributed by atoms with E-state index in [1.54, 1.807) is 0 Å². The van der Waals surface area contributed by atoms with Crippen molar-refractivity contribution in [1.29, 1.82) is 0 Å². The zero-order chi connectivity index (χ0) is 9.10. The van der Waals surface area contributed by atoms with E-state index in [1.165, 1.54) is 25.7 Å². The van der Waals surface area contributed by atoms with Gasteiger partial charge >= 0.3 is 0 Å². The summed E-state index contributed by atoms with van der Waals surface area (Å²) in [6.45, 7) is 0. The van der Waals surface area contributed by atoms with Crippen LogP contribution in [0, 0.1) is 0 Å². The van der Waals surface area contributed by atoms with Crippen LogP contribution >= 0.6 is 11.6 Å². The van der Waals surface area contributed by atoms with Crippen LogP contribution in [0.4, 0.5) is 0 Å². The van der Waals surface area contributed by atoms with Gasteiger partial charge in [0.25, 0.3) is 0 Å². The van der Waals surface area contributed by atoms with E-state index >= 15 is 0 Å². The number of hydrogen-bond acceptors (Lipinski definition) is 2. The van der Waals surface area contributed by atoms with Gasteiger partial charge in [0.2, 0.25) is 0 Å². The smallest absolute Gasteiger partial charge is 0.0839 e. The van der Waals surface area contributed by atoms with Gasteiger partial charge in [0.15, 0.2) is 0 Å². The molecule has 1 fully saturated rings. The second kappa shape index (κ2) is 4.09. The average molecular weight is 200 g/mol. The fourth-order valence-electron chi connectivity index (χ4n) is 1.87. The number of halogens is 1. The first kappa shape index (κ1) is 9.00. The van der Waals surface area contributed by atoms with Gasteiger partial charge in [-0.3, -0.25) is 0 Å². The van der Waals surface area contributed by atoms with Crippen molar-refractivity contribution >= 4 is 11.6 Å². The fraction of sp³-hybridized carbons (Fsp3) is 0.778. The van der Waals surface area contributed by atoms with E-state index in [0.29, 0.717) is 11.9 Å². The number of aromatic nitrogens is 3. The van der Waals surface area contributed by atoms with Crippen LogP contribution in [0.15, 0.2) is 6.20 Å². The van der Waals surface area contributed by atoms with Gasteiger partial charge in [-0.25, -0.2) is 4.68 Å². The number of rotatable bonds is 3. The van der Waals surface area contributed by atoms with Crippen molar-refractivity contribution in [1.82, 2.24) is 15.0 Å². The third-order valence-electron chi connectivity index (χ3n) is 2.61. The first-order valence-electron chi connectivity index (χ1n) is 4.87. The molecule has 72 valence electrons. The van der Waals surface area contributed by atoms with Gasteiger partial charge in [0, 0.05) is 18.5 Å². The van der Waals surface area contributed by atoms with Crippen LogP contribution < -0.4 is 0 Å². The molecule has 3 nitrogen and oxygen atoms in total. The molecule has 0 saturated heterocycles. The lowest BCUT2D eigenvalue weighted by Crippen LogP contribution is -2.04. The van der Waals surface area contributed by atoms with Crippen LogP contribution in [0.25, 0.3) is 0 Å². The van der Waals surface area contributed by atoms with E-state index in [-0.39, 0.29) is 0 Å². The van der Waals surface area contributed by atoms with Crippen molar-refractivity contribution in [2.75, 3.05) is 5.88 Å². The first-order chi connectivity index (χ1) is 6.40. The van der Waals surface area contributed by atoms with Crippen LogP contribution in [0.3, 0.4) is 0 Å². The Bertz CT molecular complexity index is 266. The second-order valence-electron chi connectivity index (χ2n) is 3.57. The molecule has 1 aliphatic rings. The number of nitrogens with zero attached hydrogens (tertiary/aromatic N) is 3. The largest absolute Gasteiger partial charge is 0.249 e. The van der Waals surface area contributed by atoms with Gasteiger partial charge < -0.3 is 0 Å². The highest BCUT2D eigenvalue weighted by Crippen LogP contribution is 2.28. The Morgan fingerprint density at radius 2 is 2.23 bits per heavy atom. The molecule has 4 heteroatoms. The highest BCUT2D eigenvalue weighted by atomic mass is 35.5. The molecule has 0 radical (unpaired) electrons. The van der Waals surface area contributed by atoms with Gasteiger partial charge in [-0.1, -0.05) is 18.1 Å². The molecule has 0 N–H and O–H groups in total. The Hall–Kier alpha value is -0.570. The summed E-state index contributed by atoms with van der Waals surface area (Å²) in [5.74, 6) is 0.628. The Morgan fingerprint density at radius 3 is 2.92 bits per heavy atom. The molecule has 1 aromatic heterocycles.